The molecule has 0 aliphatic rings. The molecule has 0 amide bonds. The Bertz CT molecular complexity index is 2300. The Morgan fingerprint density at radius 3 is 0.918 bits per heavy atom. The fraction of sp³-hybridized carbons (Fsp3) is 0.684. The summed E-state index contributed by atoms with van der Waals surface area (Å²) in [7, 11) is -9.80. The van der Waals surface area contributed by atoms with Crippen molar-refractivity contribution in [2.75, 3.05) is 39.6 Å². The number of carbonyl (C=O) groups excluding carboxylic acids is 3. The van der Waals surface area contributed by atoms with E-state index < -0.39 is 91.5 Å². The van der Waals surface area contributed by atoms with E-state index >= 15 is 0 Å². The number of phosphoric ester groups is 2. The van der Waals surface area contributed by atoms with Gasteiger partial charge in [0.2, 0.25) is 0 Å². The van der Waals surface area contributed by atoms with Crippen LogP contribution in [-0.2, 0) is 55.8 Å². The molecule has 0 fully saturated rings. The van der Waals surface area contributed by atoms with Crippen LogP contribution in [0.2, 0.25) is 0 Å². The summed E-state index contributed by atoms with van der Waals surface area (Å²) in [5, 5.41) is 20.6. The Morgan fingerprint density at radius 1 is 0.299 bits per heavy atom. The number of esters is 3. The predicted octanol–water partition coefficient (Wildman–Crippen LogP) is 21.5. The highest BCUT2D eigenvalue weighted by molar-refractivity contribution is 7.47. The van der Waals surface area contributed by atoms with Gasteiger partial charge in [0.05, 0.1) is 26.4 Å². The second-order valence-electron chi connectivity index (χ2n) is 24.7. The largest absolute Gasteiger partial charge is 0.472 e. The van der Waals surface area contributed by atoms with Gasteiger partial charge in [0.1, 0.15) is 25.4 Å². The lowest BCUT2D eigenvalue weighted by atomic mass is 10.0. The minimum Gasteiger partial charge on any atom is -0.463 e. The van der Waals surface area contributed by atoms with Crippen LogP contribution >= 0.6 is 15.6 Å². The quantitative estimate of drug-likeness (QED) is 0.0146. The molecule has 5 unspecified atom stereocenters. The van der Waals surface area contributed by atoms with Gasteiger partial charge in [0.15, 0.2) is 6.10 Å². The minimum absolute atomic E-state index is 0.0801. The number of unbranched alkanes of at least 4 members (excludes halogenated alkanes) is 25. The van der Waals surface area contributed by atoms with Crippen LogP contribution in [0.15, 0.2) is 134 Å². The first-order valence-corrected chi connectivity index (χ1v) is 40.5. The average Bonchev–Trinajstić information content (AvgIpc) is 1.62. The Hall–Kier alpha value is -4.31. The highest BCUT2D eigenvalue weighted by atomic mass is 31.2. The summed E-state index contributed by atoms with van der Waals surface area (Å²) >= 11 is 0. The lowest BCUT2D eigenvalue weighted by Gasteiger charge is -2.21. The Labute approximate surface area is 588 Å². The number of phosphoric acid groups is 2. The summed E-state index contributed by atoms with van der Waals surface area (Å²) in [6, 6.07) is 0. The summed E-state index contributed by atoms with van der Waals surface area (Å²) in [6.45, 7) is 2.35. The minimum atomic E-state index is -4.94. The van der Waals surface area contributed by atoms with Crippen LogP contribution in [-0.4, -0.2) is 95.9 Å². The third-order valence-electron chi connectivity index (χ3n) is 15.3. The normalized spacial score (nSPS) is 14.8. The molecule has 16 nitrogen and oxygen atoms in total. The summed E-state index contributed by atoms with van der Waals surface area (Å²) in [4.78, 5) is 58.4. The van der Waals surface area contributed by atoms with Gasteiger partial charge in [-0.05, 0) is 128 Å². The lowest BCUT2D eigenvalue weighted by molar-refractivity contribution is -0.161. The first-order valence-electron chi connectivity index (χ1n) is 37.5. The molecule has 0 saturated carbocycles. The fourth-order valence-electron chi connectivity index (χ4n) is 9.69. The highest BCUT2D eigenvalue weighted by Gasteiger charge is 2.29. The zero-order chi connectivity index (χ0) is 70.9. The third kappa shape index (κ3) is 72.8. The molecule has 18 heteroatoms. The van der Waals surface area contributed by atoms with E-state index in [0.717, 1.165) is 122 Å². The van der Waals surface area contributed by atoms with Crippen LogP contribution in [0, 0.1) is 0 Å². The van der Waals surface area contributed by atoms with Gasteiger partial charge in [0.25, 0.3) is 0 Å². The zero-order valence-electron chi connectivity index (χ0n) is 60.5. The Kier molecular flexibility index (Phi) is 68.3. The fourth-order valence-corrected chi connectivity index (χ4v) is 11.3. The molecular weight excluding hydrogens is 1270 g/mol. The van der Waals surface area contributed by atoms with Gasteiger partial charge < -0.3 is 34.2 Å². The molecule has 0 aromatic heterocycles. The van der Waals surface area contributed by atoms with E-state index in [2.05, 4.69) is 142 Å². The van der Waals surface area contributed by atoms with Gasteiger partial charge >= 0.3 is 33.6 Å². The summed E-state index contributed by atoms with van der Waals surface area (Å²) in [5.41, 5.74) is 0. The first-order chi connectivity index (χ1) is 47.2. The maximum absolute atomic E-state index is 12.9. The molecule has 0 saturated heterocycles. The molecule has 0 aliphatic carbocycles. The van der Waals surface area contributed by atoms with E-state index in [9.17, 15) is 43.5 Å². The van der Waals surface area contributed by atoms with E-state index in [1.165, 1.54) is 103 Å². The maximum atomic E-state index is 12.9. The Balaban J connectivity index is 4.46. The van der Waals surface area contributed by atoms with Crippen molar-refractivity contribution < 1.29 is 75.8 Å². The number of hydrogen-bond acceptors (Lipinski definition) is 14. The molecule has 5 atom stereocenters. The van der Waals surface area contributed by atoms with E-state index in [4.69, 9.17) is 32.3 Å². The van der Waals surface area contributed by atoms with Crippen LogP contribution in [0.1, 0.15) is 290 Å². The van der Waals surface area contributed by atoms with Crippen LogP contribution < -0.4 is 0 Å². The smallest absolute Gasteiger partial charge is 0.463 e. The zero-order valence-corrected chi connectivity index (χ0v) is 62.2. The molecule has 0 spiro atoms. The third-order valence-corrected chi connectivity index (χ3v) is 17.2. The van der Waals surface area contributed by atoms with Crippen molar-refractivity contribution in [1.29, 1.82) is 0 Å². The number of hydrogen-bond donors (Lipinski definition) is 4. The van der Waals surface area contributed by atoms with Crippen LogP contribution in [0.3, 0.4) is 0 Å². The molecule has 0 aromatic carbocycles. The Morgan fingerprint density at radius 2 is 0.557 bits per heavy atom. The van der Waals surface area contributed by atoms with Gasteiger partial charge in [-0.25, -0.2) is 9.13 Å². The van der Waals surface area contributed by atoms with Crippen LogP contribution in [0.25, 0.3) is 0 Å². The molecule has 0 aromatic rings. The number of aliphatic hydroxyl groups excluding tert-OH is 2. The summed E-state index contributed by atoms with van der Waals surface area (Å²) < 4.78 is 60.9. The number of carbonyl (C=O) groups is 3. The van der Waals surface area contributed by atoms with Crippen molar-refractivity contribution in [3.8, 4) is 0 Å². The van der Waals surface area contributed by atoms with Gasteiger partial charge in [-0.2, -0.15) is 0 Å². The summed E-state index contributed by atoms with van der Waals surface area (Å²) in [5.74, 6) is -1.65. The lowest BCUT2D eigenvalue weighted by Crippen LogP contribution is -2.30. The van der Waals surface area contributed by atoms with Crippen molar-refractivity contribution in [1.82, 2.24) is 0 Å². The second-order valence-corrected chi connectivity index (χ2v) is 27.6. The molecule has 4 N–H and O–H groups in total. The monoisotopic (exact) mass is 1400 g/mol. The van der Waals surface area contributed by atoms with E-state index in [0.29, 0.717) is 25.7 Å². The molecule has 0 heterocycles. The number of ether oxygens (including phenoxy) is 3. The van der Waals surface area contributed by atoms with Crippen molar-refractivity contribution in [2.45, 2.75) is 309 Å². The maximum Gasteiger partial charge on any atom is 0.472 e. The molecular formula is C79H134O16P2. The van der Waals surface area contributed by atoms with Gasteiger partial charge in [-0.1, -0.05) is 276 Å². The molecule has 0 radical (unpaired) electrons. The number of aliphatic hydroxyl groups is 2. The summed E-state index contributed by atoms with van der Waals surface area (Å²) in [6.07, 6.45) is 85.3. The second kappa shape index (κ2) is 71.5. The topological polar surface area (TPSA) is 231 Å². The standard InChI is InChI=1S/C79H134O16P2/c1-4-7-10-13-16-19-22-25-27-29-30-31-32-33-34-35-36-37-38-39-40-41-42-44-46-48-50-53-56-59-62-65-77(82)89-68-74(80)69-91-96(85,86)92-70-75(81)71-93-97(87,88)94-73-76(95-79(84)67-64-61-58-55-52-47-24-21-18-15-12-9-6-3)72-90-78(83)66-63-60-57-54-51-49-45-43-28-26-23-20-17-14-11-8-5-2/h7-8,10-11,16-17,19-21,24-28,30-31,33-34,45,49,54,57,74-76,80-81H,4-6,9,12-15,18,22-23,29,32,35-44,46-48,50-53,55-56,58-73H2,1-3H3,(H,85,86)(H,87,88)/b10-7-,11-8-,19-16-,20-17-,24-21-,27-25-,28-26-,31-30-,34-33-,49-45-,57-54-. The highest BCUT2D eigenvalue weighted by Crippen LogP contribution is 2.45. The van der Waals surface area contributed by atoms with Crippen molar-refractivity contribution in [3.05, 3.63) is 134 Å². The van der Waals surface area contributed by atoms with Crippen LogP contribution in [0.4, 0.5) is 0 Å². The SMILES string of the molecule is CC/C=C\C/C=C\C/C=C\C/C=C\C/C=C\CCCCCCCCCCCCCCCCCC(=O)OCC(O)COP(=O)(O)OCC(O)COP(=O)(O)OCC(COC(=O)CCC/C=C\C/C=C\C/C=C\C/C=C\C/C=C\CC)OC(=O)CCCCCCC/C=C\CCCCCC. The molecule has 0 rings (SSSR count). The van der Waals surface area contributed by atoms with Crippen molar-refractivity contribution in [3.63, 3.8) is 0 Å². The van der Waals surface area contributed by atoms with E-state index in [1.54, 1.807) is 0 Å². The van der Waals surface area contributed by atoms with Crippen molar-refractivity contribution in [2.24, 2.45) is 0 Å². The van der Waals surface area contributed by atoms with E-state index in [-0.39, 0.29) is 19.3 Å². The van der Waals surface area contributed by atoms with Gasteiger partial charge in [0, 0.05) is 19.3 Å². The van der Waals surface area contributed by atoms with Crippen molar-refractivity contribution >= 4 is 33.6 Å². The number of allylic oxidation sites excluding steroid dienone is 22. The van der Waals surface area contributed by atoms with Gasteiger partial charge in [-0.15, -0.1) is 0 Å². The van der Waals surface area contributed by atoms with Crippen LogP contribution in [0.5, 0.6) is 0 Å². The molecule has 0 aliphatic heterocycles. The average molecular weight is 1400 g/mol. The molecule has 556 valence electrons. The van der Waals surface area contributed by atoms with Gasteiger partial charge in [-0.3, -0.25) is 32.5 Å². The molecule has 0 bridgehead atoms. The first kappa shape index (κ1) is 92.7. The predicted molar refractivity (Wildman–Crippen MR) is 399 cm³/mol. The number of rotatable bonds is 70. The molecule has 97 heavy (non-hydrogen) atoms. The van der Waals surface area contributed by atoms with E-state index in [1.807, 2.05) is 12.2 Å².